The highest BCUT2D eigenvalue weighted by atomic mass is 32.1. The van der Waals surface area contributed by atoms with Crippen LogP contribution in [0.3, 0.4) is 0 Å². The van der Waals surface area contributed by atoms with E-state index in [1.807, 2.05) is 24.4 Å². The second kappa shape index (κ2) is 5.02. The molecule has 0 aliphatic heterocycles. The Morgan fingerprint density at radius 2 is 2.18 bits per heavy atom. The molecule has 2 nitrogen and oxygen atoms in total. The minimum Gasteiger partial charge on any atom is -0.345 e. The average molecular weight is 265 g/mol. The number of aryl methyl sites for hydroxylation is 2. The van der Waals surface area contributed by atoms with Gasteiger partial charge in [-0.05, 0) is 43.8 Å². The SMILES string of the molecule is Cc1cc(C(C)NC(=O)c2cccs2)c(C)s1. The molecule has 0 fully saturated rings. The van der Waals surface area contributed by atoms with Crippen LogP contribution in [0.15, 0.2) is 23.6 Å². The van der Waals surface area contributed by atoms with Crippen molar-refractivity contribution in [2.75, 3.05) is 0 Å². The van der Waals surface area contributed by atoms with Gasteiger partial charge in [-0.2, -0.15) is 0 Å². The molecule has 0 radical (unpaired) electrons. The van der Waals surface area contributed by atoms with E-state index in [0.29, 0.717) is 0 Å². The molecule has 2 aromatic heterocycles. The summed E-state index contributed by atoms with van der Waals surface area (Å²) in [5.41, 5.74) is 1.22. The van der Waals surface area contributed by atoms with Crippen molar-refractivity contribution in [2.24, 2.45) is 0 Å². The molecular formula is C13H15NOS2. The lowest BCUT2D eigenvalue weighted by atomic mass is 10.1. The molecule has 2 heterocycles. The Morgan fingerprint density at radius 1 is 1.41 bits per heavy atom. The molecule has 2 rings (SSSR count). The predicted octanol–water partition coefficient (Wildman–Crippen LogP) is 3.92. The van der Waals surface area contributed by atoms with Crippen molar-refractivity contribution < 1.29 is 4.79 Å². The fourth-order valence-corrected chi connectivity index (χ4v) is 3.48. The number of hydrogen-bond acceptors (Lipinski definition) is 3. The first-order valence-electron chi connectivity index (χ1n) is 5.49. The number of amides is 1. The summed E-state index contributed by atoms with van der Waals surface area (Å²) in [5, 5.41) is 4.95. The van der Waals surface area contributed by atoms with Crippen LogP contribution in [0.1, 0.15) is 38.0 Å². The molecule has 2 aromatic rings. The molecule has 90 valence electrons. The zero-order chi connectivity index (χ0) is 12.4. The lowest BCUT2D eigenvalue weighted by molar-refractivity contribution is 0.0944. The van der Waals surface area contributed by atoms with E-state index < -0.39 is 0 Å². The van der Waals surface area contributed by atoms with E-state index in [9.17, 15) is 4.79 Å². The van der Waals surface area contributed by atoms with Crippen molar-refractivity contribution in [3.63, 3.8) is 0 Å². The van der Waals surface area contributed by atoms with Crippen LogP contribution in [0.5, 0.6) is 0 Å². The van der Waals surface area contributed by atoms with Gasteiger partial charge in [0, 0.05) is 9.75 Å². The van der Waals surface area contributed by atoms with Crippen molar-refractivity contribution in [1.82, 2.24) is 5.32 Å². The Hall–Kier alpha value is -1.13. The summed E-state index contributed by atoms with van der Waals surface area (Å²) in [6.45, 7) is 6.22. The molecule has 0 aliphatic carbocycles. The Bertz CT molecular complexity index is 514. The fraction of sp³-hybridized carbons (Fsp3) is 0.308. The summed E-state index contributed by atoms with van der Waals surface area (Å²) in [5.74, 6) is 0.00996. The van der Waals surface area contributed by atoms with Gasteiger partial charge in [0.25, 0.3) is 5.91 Å². The Morgan fingerprint density at radius 3 is 2.71 bits per heavy atom. The number of thiophene rings is 2. The average Bonchev–Trinajstić information content (AvgIpc) is 2.87. The monoisotopic (exact) mass is 265 g/mol. The van der Waals surface area contributed by atoms with Gasteiger partial charge >= 0.3 is 0 Å². The first kappa shape index (κ1) is 12.3. The van der Waals surface area contributed by atoms with Crippen LogP contribution in [-0.2, 0) is 0 Å². The van der Waals surface area contributed by atoms with Gasteiger partial charge in [-0.1, -0.05) is 6.07 Å². The summed E-state index contributed by atoms with van der Waals surface area (Å²) >= 11 is 3.24. The quantitative estimate of drug-likeness (QED) is 0.895. The highest BCUT2D eigenvalue weighted by Gasteiger charge is 2.15. The number of rotatable bonds is 3. The second-order valence-corrected chi connectivity index (χ2v) is 6.45. The summed E-state index contributed by atoms with van der Waals surface area (Å²) in [4.78, 5) is 15.2. The Labute approximate surface area is 109 Å². The standard InChI is InChI=1S/C13H15NOS2/c1-8-7-11(10(3)17-8)9(2)14-13(15)12-5-4-6-16-12/h4-7,9H,1-3H3,(H,14,15). The molecule has 1 N–H and O–H groups in total. The maximum Gasteiger partial charge on any atom is 0.261 e. The van der Waals surface area contributed by atoms with Gasteiger partial charge in [0.05, 0.1) is 10.9 Å². The molecule has 0 aromatic carbocycles. The van der Waals surface area contributed by atoms with Gasteiger partial charge in [-0.15, -0.1) is 22.7 Å². The van der Waals surface area contributed by atoms with Crippen molar-refractivity contribution in [2.45, 2.75) is 26.8 Å². The molecule has 0 saturated carbocycles. The molecule has 17 heavy (non-hydrogen) atoms. The van der Waals surface area contributed by atoms with Gasteiger partial charge < -0.3 is 5.32 Å². The van der Waals surface area contributed by atoms with Gasteiger partial charge in [-0.25, -0.2) is 0 Å². The number of nitrogens with one attached hydrogen (secondary N) is 1. The first-order chi connectivity index (χ1) is 8.08. The van der Waals surface area contributed by atoms with Crippen molar-refractivity contribution in [3.05, 3.63) is 43.8 Å². The highest BCUT2D eigenvalue weighted by Crippen LogP contribution is 2.26. The molecule has 1 amide bonds. The summed E-state index contributed by atoms with van der Waals surface area (Å²) < 4.78 is 0. The van der Waals surface area contributed by atoms with E-state index in [-0.39, 0.29) is 11.9 Å². The molecule has 0 spiro atoms. The van der Waals surface area contributed by atoms with E-state index in [1.54, 1.807) is 11.3 Å². The second-order valence-electron chi connectivity index (χ2n) is 4.04. The maximum absolute atomic E-state index is 11.9. The maximum atomic E-state index is 11.9. The van der Waals surface area contributed by atoms with Gasteiger partial charge in [0.1, 0.15) is 0 Å². The molecule has 4 heteroatoms. The van der Waals surface area contributed by atoms with Gasteiger partial charge in [0.15, 0.2) is 0 Å². The zero-order valence-corrected chi connectivity index (χ0v) is 11.7. The van der Waals surface area contributed by atoms with Crippen LogP contribution in [-0.4, -0.2) is 5.91 Å². The lowest BCUT2D eigenvalue weighted by Gasteiger charge is -2.13. The smallest absolute Gasteiger partial charge is 0.261 e. The van der Waals surface area contributed by atoms with E-state index in [1.165, 1.54) is 26.7 Å². The molecule has 0 aliphatic rings. The van der Waals surface area contributed by atoms with Crippen LogP contribution in [0.4, 0.5) is 0 Å². The largest absolute Gasteiger partial charge is 0.345 e. The molecule has 1 atom stereocenters. The number of carbonyl (C=O) groups is 1. The van der Waals surface area contributed by atoms with E-state index >= 15 is 0 Å². The van der Waals surface area contributed by atoms with Crippen LogP contribution in [0, 0.1) is 13.8 Å². The van der Waals surface area contributed by atoms with Crippen LogP contribution in [0.25, 0.3) is 0 Å². The zero-order valence-electron chi connectivity index (χ0n) is 10.1. The van der Waals surface area contributed by atoms with Crippen LogP contribution >= 0.6 is 22.7 Å². The van der Waals surface area contributed by atoms with Gasteiger partial charge in [0.2, 0.25) is 0 Å². The topological polar surface area (TPSA) is 29.1 Å². The molecular weight excluding hydrogens is 250 g/mol. The van der Waals surface area contributed by atoms with Crippen LogP contribution in [0.2, 0.25) is 0 Å². The van der Waals surface area contributed by atoms with Gasteiger partial charge in [-0.3, -0.25) is 4.79 Å². The molecule has 0 saturated heterocycles. The third kappa shape index (κ3) is 2.76. The highest BCUT2D eigenvalue weighted by molar-refractivity contribution is 7.12. The fourth-order valence-electron chi connectivity index (χ4n) is 1.83. The molecule has 1 unspecified atom stereocenters. The summed E-state index contributed by atoms with van der Waals surface area (Å²) in [6.07, 6.45) is 0. The lowest BCUT2D eigenvalue weighted by Crippen LogP contribution is -2.25. The van der Waals surface area contributed by atoms with Crippen LogP contribution < -0.4 is 5.32 Å². The summed E-state index contributed by atoms with van der Waals surface area (Å²) in [6, 6.07) is 5.96. The predicted molar refractivity (Wildman–Crippen MR) is 74.0 cm³/mol. The normalized spacial score (nSPS) is 12.4. The van der Waals surface area contributed by atoms with E-state index in [4.69, 9.17) is 0 Å². The van der Waals surface area contributed by atoms with Crippen molar-refractivity contribution >= 4 is 28.6 Å². The van der Waals surface area contributed by atoms with E-state index in [2.05, 4.69) is 25.2 Å². The number of carbonyl (C=O) groups excluding carboxylic acids is 1. The minimum absolute atomic E-state index is 0.00996. The summed E-state index contributed by atoms with van der Waals surface area (Å²) in [7, 11) is 0. The minimum atomic E-state index is 0.00996. The van der Waals surface area contributed by atoms with Crippen molar-refractivity contribution in [3.8, 4) is 0 Å². The van der Waals surface area contributed by atoms with Crippen molar-refractivity contribution in [1.29, 1.82) is 0 Å². The Balaban J connectivity index is 2.09. The molecule has 0 bridgehead atoms. The first-order valence-corrected chi connectivity index (χ1v) is 7.19. The Kier molecular flexibility index (Phi) is 3.64. The number of hydrogen-bond donors (Lipinski definition) is 1. The third-order valence-electron chi connectivity index (χ3n) is 2.64. The van der Waals surface area contributed by atoms with E-state index in [0.717, 1.165) is 4.88 Å². The third-order valence-corrected chi connectivity index (χ3v) is 4.49.